The Kier molecular flexibility index (Phi) is 3.52. The zero-order chi connectivity index (χ0) is 11.6. The minimum atomic E-state index is -1.89. The molecule has 2 rings (SSSR count). The zero-order valence-corrected chi connectivity index (χ0v) is 9.35. The summed E-state index contributed by atoms with van der Waals surface area (Å²) in [7, 11) is 0. The highest BCUT2D eigenvalue weighted by atomic mass is 35.5. The second-order valence-corrected chi connectivity index (χ2v) is 4.00. The van der Waals surface area contributed by atoms with Gasteiger partial charge in [0.1, 0.15) is 0 Å². The van der Waals surface area contributed by atoms with E-state index in [1.807, 2.05) is 0 Å². The van der Waals surface area contributed by atoms with E-state index >= 15 is 0 Å². The van der Waals surface area contributed by atoms with E-state index in [9.17, 15) is 0 Å². The minimum Gasteiger partial charge on any atom is -0.314 e. The summed E-state index contributed by atoms with van der Waals surface area (Å²) in [6, 6.07) is 0.598. The summed E-state index contributed by atoms with van der Waals surface area (Å²) in [4.78, 5) is 4.14. The maximum atomic E-state index is 7.37. The predicted molar refractivity (Wildman–Crippen MR) is 62.2 cm³/mol. The Morgan fingerprint density at radius 1 is 1.14 bits per heavy atom. The SMILES string of the molecule is Cl.[2H]C([2H])([2H])N1CCC(N2CCNCC2)CC1. The van der Waals surface area contributed by atoms with Crippen LogP contribution in [0.3, 0.4) is 0 Å². The first-order valence-electron chi connectivity index (χ1n) is 6.77. The summed E-state index contributed by atoms with van der Waals surface area (Å²) in [5.41, 5.74) is 0. The van der Waals surface area contributed by atoms with Crippen molar-refractivity contribution in [1.29, 1.82) is 0 Å². The molecule has 2 aliphatic rings. The fraction of sp³-hybridized carbons (Fsp3) is 1.00. The van der Waals surface area contributed by atoms with E-state index in [0.29, 0.717) is 19.1 Å². The van der Waals surface area contributed by atoms with Crippen molar-refractivity contribution in [3.8, 4) is 0 Å². The molecule has 0 bridgehead atoms. The lowest BCUT2D eigenvalue weighted by Crippen LogP contribution is -2.51. The van der Waals surface area contributed by atoms with E-state index in [0.717, 1.165) is 39.0 Å². The van der Waals surface area contributed by atoms with Gasteiger partial charge in [-0.15, -0.1) is 12.4 Å². The topological polar surface area (TPSA) is 18.5 Å². The Hall–Kier alpha value is 0.170. The molecule has 2 fully saturated rings. The van der Waals surface area contributed by atoms with Crippen LogP contribution >= 0.6 is 12.4 Å². The quantitative estimate of drug-likeness (QED) is 0.694. The highest BCUT2D eigenvalue weighted by Crippen LogP contribution is 2.15. The van der Waals surface area contributed by atoms with Crippen LogP contribution in [0, 0.1) is 0 Å². The standard InChI is InChI=1S/C10H21N3.ClH/c1-12-6-2-10(3-7-12)13-8-4-11-5-9-13;/h10-11H,2-9H2,1H3;1H/i1D3;. The lowest BCUT2D eigenvalue weighted by atomic mass is 10.0. The van der Waals surface area contributed by atoms with Gasteiger partial charge in [-0.2, -0.15) is 0 Å². The molecule has 2 heterocycles. The van der Waals surface area contributed by atoms with Crippen LogP contribution < -0.4 is 5.32 Å². The monoisotopic (exact) mass is 222 g/mol. The molecular weight excluding hydrogens is 198 g/mol. The lowest BCUT2D eigenvalue weighted by Gasteiger charge is -2.39. The fourth-order valence-electron chi connectivity index (χ4n) is 2.28. The molecule has 0 aromatic heterocycles. The van der Waals surface area contributed by atoms with Crippen molar-refractivity contribution in [2.75, 3.05) is 46.2 Å². The second kappa shape index (κ2) is 5.91. The number of nitrogens with one attached hydrogen (secondary N) is 1. The normalized spacial score (nSPS) is 31.3. The Labute approximate surface area is 97.4 Å². The van der Waals surface area contributed by atoms with Gasteiger partial charge in [0.15, 0.2) is 0 Å². The molecule has 0 aromatic carbocycles. The first-order valence-corrected chi connectivity index (χ1v) is 5.27. The first-order chi connectivity index (χ1) is 7.57. The van der Waals surface area contributed by atoms with Crippen LogP contribution in [0.15, 0.2) is 0 Å². The maximum Gasteiger partial charge on any atom is 0.0394 e. The zero-order valence-electron chi connectivity index (χ0n) is 11.5. The van der Waals surface area contributed by atoms with Crippen LogP contribution in [0.2, 0.25) is 0 Å². The number of hydrogen-bond donors (Lipinski definition) is 1. The summed E-state index contributed by atoms with van der Waals surface area (Å²) in [6.07, 6.45) is 2.00. The lowest BCUT2D eigenvalue weighted by molar-refractivity contribution is 0.109. The van der Waals surface area contributed by atoms with Crippen LogP contribution in [-0.4, -0.2) is 62.1 Å². The molecule has 0 saturated carbocycles. The van der Waals surface area contributed by atoms with Crippen molar-refractivity contribution in [3.05, 3.63) is 0 Å². The van der Waals surface area contributed by atoms with Crippen molar-refractivity contribution in [2.24, 2.45) is 0 Å². The minimum absolute atomic E-state index is 0. The van der Waals surface area contributed by atoms with E-state index in [1.165, 1.54) is 0 Å². The average molecular weight is 223 g/mol. The summed E-state index contributed by atoms with van der Waals surface area (Å²) >= 11 is 0. The molecule has 0 radical (unpaired) electrons. The molecule has 0 atom stereocenters. The van der Waals surface area contributed by atoms with Gasteiger partial charge >= 0.3 is 0 Å². The van der Waals surface area contributed by atoms with Gasteiger partial charge in [0.2, 0.25) is 0 Å². The molecule has 14 heavy (non-hydrogen) atoms. The van der Waals surface area contributed by atoms with Crippen LogP contribution in [0.4, 0.5) is 0 Å². The Morgan fingerprint density at radius 3 is 2.36 bits per heavy atom. The molecule has 0 aromatic rings. The van der Waals surface area contributed by atoms with Gasteiger partial charge in [-0.25, -0.2) is 0 Å². The van der Waals surface area contributed by atoms with E-state index < -0.39 is 6.98 Å². The van der Waals surface area contributed by atoms with Crippen molar-refractivity contribution in [3.63, 3.8) is 0 Å². The molecule has 0 spiro atoms. The van der Waals surface area contributed by atoms with Crippen molar-refractivity contribution in [2.45, 2.75) is 18.9 Å². The van der Waals surface area contributed by atoms with Gasteiger partial charge in [0, 0.05) is 36.3 Å². The summed E-state index contributed by atoms with van der Waals surface area (Å²) in [5.74, 6) is 0. The van der Waals surface area contributed by atoms with Gasteiger partial charge in [-0.3, -0.25) is 4.90 Å². The third kappa shape index (κ3) is 3.09. The number of likely N-dealkylation sites (tertiary alicyclic amines) is 1. The predicted octanol–water partition coefficient (Wildman–Crippen LogP) is 0.408. The van der Waals surface area contributed by atoms with Gasteiger partial charge in [-0.05, 0) is 32.9 Å². The van der Waals surface area contributed by atoms with E-state index in [-0.39, 0.29) is 12.4 Å². The molecule has 2 saturated heterocycles. The molecule has 1 N–H and O–H groups in total. The number of hydrogen-bond acceptors (Lipinski definition) is 3. The Bertz CT molecular complexity index is 223. The number of rotatable bonds is 1. The van der Waals surface area contributed by atoms with Gasteiger partial charge in [0.05, 0.1) is 0 Å². The van der Waals surface area contributed by atoms with Gasteiger partial charge < -0.3 is 10.2 Å². The van der Waals surface area contributed by atoms with Crippen LogP contribution in [0.25, 0.3) is 0 Å². The average Bonchev–Trinajstić information content (AvgIpc) is 2.29. The summed E-state index contributed by atoms with van der Waals surface area (Å²) in [5, 5.41) is 3.34. The van der Waals surface area contributed by atoms with Crippen LogP contribution in [-0.2, 0) is 0 Å². The van der Waals surface area contributed by atoms with Gasteiger partial charge in [0.25, 0.3) is 0 Å². The molecule has 2 aliphatic heterocycles. The van der Waals surface area contributed by atoms with Crippen LogP contribution in [0.1, 0.15) is 17.0 Å². The van der Waals surface area contributed by atoms with Crippen LogP contribution in [0.5, 0.6) is 0 Å². The van der Waals surface area contributed by atoms with Crippen molar-refractivity contribution >= 4 is 12.4 Å². The van der Waals surface area contributed by atoms with E-state index in [4.69, 9.17) is 4.11 Å². The molecule has 0 amide bonds. The number of piperidine rings is 1. The molecule has 84 valence electrons. The maximum absolute atomic E-state index is 7.37. The highest BCUT2D eigenvalue weighted by Gasteiger charge is 2.23. The smallest absolute Gasteiger partial charge is 0.0394 e. The summed E-state index contributed by atoms with van der Waals surface area (Å²) < 4.78 is 22.1. The highest BCUT2D eigenvalue weighted by molar-refractivity contribution is 5.85. The largest absolute Gasteiger partial charge is 0.314 e. The Balaban J connectivity index is 0.00000144. The van der Waals surface area contributed by atoms with E-state index in [1.54, 1.807) is 4.90 Å². The molecule has 0 aliphatic carbocycles. The van der Waals surface area contributed by atoms with Crippen molar-refractivity contribution < 1.29 is 4.11 Å². The number of piperazine rings is 1. The molecule has 0 unspecified atom stereocenters. The van der Waals surface area contributed by atoms with Crippen molar-refractivity contribution in [1.82, 2.24) is 15.1 Å². The number of halogens is 1. The third-order valence-electron chi connectivity index (χ3n) is 3.13. The Morgan fingerprint density at radius 2 is 1.79 bits per heavy atom. The van der Waals surface area contributed by atoms with Gasteiger partial charge in [-0.1, -0.05) is 0 Å². The third-order valence-corrected chi connectivity index (χ3v) is 3.13. The fourth-order valence-corrected chi connectivity index (χ4v) is 2.28. The number of nitrogens with zero attached hydrogens (tertiary/aromatic N) is 2. The molecule has 3 nitrogen and oxygen atoms in total. The second-order valence-electron chi connectivity index (χ2n) is 4.00. The molecule has 4 heteroatoms. The molecular formula is C10H22ClN3. The first kappa shape index (κ1) is 8.34. The van der Waals surface area contributed by atoms with E-state index in [2.05, 4.69) is 10.2 Å². The summed E-state index contributed by atoms with van der Waals surface area (Å²) in [6.45, 7) is 3.89.